The van der Waals surface area contributed by atoms with Crippen molar-refractivity contribution < 1.29 is 22.8 Å². The Morgan fingerprint density at radius 3 is 2.26 bits per heavy atom. The van der Waals surface area contributed by atoms with Crippen molar-refractivity contribution >= 4 is 44.1 Å². The van der Waals surface area contributed by atoms with Gasteiger partial charge in [0.1, 0.15) is 5.00 Å². The maximum Gasteiger partial charge on any atom is 0.272 e. The quantitative estimate of drug-likeness (QED) is 0.512. The summed E-state index contributed by atoms with van der Waals surface area (Å²) in [4.78, 5) is 40.5. The van der Waals surface area contributed by atoms with Gasteiger partial charge in [-0.2, -0.15) is 0 Å². The number of benzene rings is 1. The molecule has 0 unspecified atom stereocenters. The van der Waals surface area contributed by atoms with Crippen LogP contribution in [0.2, 0.25) is 0 Å². The van der Waals surface area contributed by atoms with E-state index in [4.69, 9.17) is 0 Å². The summed E-state index contributed by atoms with van der Waals surface area (Å²) in [6, 6.07) is 5.93. The first-order valence-electron chi connectivity index (χ1n) is 10.7. The van der Waals surface area contributed by atoms with E-state index in [-0.39, 0.29) is 10.5 Å². The number of fused-ring (bicyclic) bond motifs is 1. The second-order valence-electron chi connectivity index (χ2n) is 8.42. The zero-order chi connectivity index (χ0) is 25.2. The van der Waals surface area contributed by atoms with Crippen LogP contribution in [0.5, 0.6) is 0 Å². The lowest BCUT2D eigenvalue weighted by Crippen LogP contribution is -2.41. The normalized spacial score (nSPS) is 14.1. The molecule has 1 aromatic carbocycles. The number of sulfonamides is 1. The average molecular weight is 508 g/mol. The molecule has 0 spiro atoms. The maximum atomic E-state index is 13.0. The number of nitrogens with zero attached hydrogens (tertiary/aromatic N) is 2. The highest BCUT2D eigenvalue weighted by molar-refractivity contribution is 7.89. The molecule has 2 heterocycles. The third-order valence-electron chi connectivity index (χ3n) is 5.52. The van der Waals surface area contributed by atoms with Crippen molar-refractivity contribution in [2.45, 2.75) is 44.7 Å². The number of carbonyl (C=O) groups is 3. The van der Waals surface area contributed by atoms with E-state index in [1.165, 1.54) is 56.6 Å². The van der Waals surface area contributed by atoms with Crippen LogP contribution in [0, 0.1) is 0 Å². The van der Waals surface area contributed by atoms with Crippen LogP contribution in [0.25, 0.3) is 0 Å². The van der Waals surface area contributed by atoms with Crippen molar-refractivity contribution in [3.05, 3.63) is 45.8 Å². The molecule has 0 saturated carbocycles. The van der Waals surface area contributed by atoms with E-state index < -0.39 is 27.7 Å². The van der Waals surface area contributed by atoms with Crippen molar-refractivity contribution in [3.63, 3.8) is 0 Å². The van der Waals surface area contributed by atoms with Gasteiger partial charge in [0.15, 0.2) is 0 Å². The van der Waals surface area contributed by atoms with E-state index in [0.29, 0.717) is 29.6 Å². The molecular weight excluding hydrogens is 478 g/mol. The van der Waals surface area contributed by atoms with Gasteiger partial charge in [-0.3, -0.25) is 30.1 Å². The van der Waals surface area contributed by atoms with Gasteiger partial charge in [-0.1, -0.05) is 0 Å². The van der Waals surface area contributed by atoms with Gasteiger partial charge in [0.25, 0.3) is 11.8 Å². The number of amides is 3. The van der Waals surface area contributed by atoms with Crippen LogP contribution in [0.4, 0.5) is 5.00 Å². The molecule has 0 atom stereocenters. The van der Waals surface area contributed by atoms with Crippen LogP contribution < -0.4 is 16.2 Å². The molecule has 3 rings (SSSR count). The molecule has 3 amide bonds. The lowest BCUT2D eigenvalue weighted by molar-refractivity contribution is -0.119. The number of nitrogens with one attached hydrogen (secondary N) is 3. The minimum Gasteiger partial charge on any atom is -0.313 e. The smallest absolute Gasteiger partial charge is 0.272 e. The first-order valence-corrected chi connectivity index (χ1v) is 13.0. The largest absolute Gasteiger partial charge is 0.313 e. The second kappa shape index (κ2) is 10.2. The monoisotopic (exact) mass is 507 g/mol. The minimum absolute atomic E-state index is 0.0739. The lowest BCUT2D eigenvalue weighted by Gasteiger charge is -2.30. The van der Waals surface area contributed by atoms with Crippen molar-refractivity contribution in [1.29, 1.82) is 0 Å². The average Bonchev–Trinajstić information content (AvgIpc) is 3.14. The van der Waals surface area contributed by atoms with Crippen molar-refractivity contribution in [1.82, 2.24) is 20.1 Å². The molecule has 0 fully saturated rings. The summed E-state index contributed by atoms with van der Waals surface area (Å²) in [7, 11) is -0.746. The third-order valence-corrected chi connectivity index (χ3v) is 8.48. The summed E-state index contributed by atoms with van der Waals surface area (Å²) >= 11 is 1.33. The van der Waals surface area contributed by atoms with Crippen molar-refractivity contribution in [2.24, 2.45) is 0 Å². The fourth-order valence-corrected chi connectivity index (χ4v) is 5.73. The van der Waals surface area contributed by atoms with Crippen molar-refractivity contribution in [3.8, 4) is 0 Å². The fraction of sp³-hybridized carbons (Fsp3) is 0.409. The Hall–Kier alpha value is -2.80. The van der Waals surface area contributed by atoms with Crippen LogP contribution >= 0.6 is 11.3 Å². The summed E-state index contributed by atoms with van der Waals surface area (Å²) in [5.74, 6) is -1.39. The highest BCUT2D eigenvalue weighted by Crippen LogP contribution is 2.37. The van der Waals surface area contributed by atoms with E-state index in [9.17, 15) is 22.8 Å². The summed E-state index contributed by atoms with van der Waals surface area (Å²) in [5.41, 5.74) is 6.12. The van der Waals surface area contributed by atoms with Gasteiger partial charge in [-0.15, -0.1) is 11.3 Å². The Labute approximate surface area is 203 Å². The second-order valence-corrected chi connectivity index (χ2v) is 11.7. The van der Waals surface area contributed by atoms with E-state index in [2.05, 4.69) is 34.9 Å². The SMILES string of the molecule is CC(=O)NNC(=O)c1c(NC(=O)c2ccc(S(=O)(=O)N(C)C)cc2)sc2c1CCN(C(C)C)C2. The number of thiophene rings is 1. The Bertz CT molecular complexity index is 1200. The molecule has 10 nitrogen and oxygen atoms in total. The van der Waals surface area contributed by atoms with Gasteiger partial charge in [0, 0.05) is 50.6 Å². The van der Waals surface area contributed by atoms with E-state index in [1.807, 2.05) is 0 Å². The summed E-state index contributed by atoms with van der Waals surface area (Å²) in [6.07, 6.45) is 0.639. The highest BCUT2D eigenvalue weighted by atomic mass is 32.2. The topological polar surface area (TPSA) is 128 Å². The van der Waals surface area contributed by atoms with Crippen LogP contribution in [-0.4, -0.2) is 62.0 Å². The highest BCUT2D eigenvalue weighted by Gasteiger charge is 2.30. The van der Waals surface area contributed by atoms with Crippen LogP contribution in [-0.2, 0) is 27.8 Å². The molecule has 1 aliphatic rings. The van der Waals surface area contributed by atoms with Gasteiger partial charge < -0.3 is 5.32 Å². The standard InChI is InChI=1S/C22H29N5O5S2/c1-13(2)27-11-10-17-18(12-27)33-22(19(17)21(30)25-24-14(3)28)23-20(29)15-6-8-16(9-7-15)34(31,32)26(4)5/h6-9,13H,10-12H2,1-5H3,(H,23,29)(H,24,28)(H,25,30). The lowest BCUT2D eigenvalue weighted by atomic mass is 10.0. The molecule has 34 heavy (non-hydrogen) atoms. The van der Waals surface area contributed by atoms with Crippen LogP contribution in [0.3, 0.4) is 0 Å². The summed E-state index contributed by atoms with van der Waals surface area (Å²) in [5, 5.41) is 3.19. The first-order chi connectivity index (χ1) is 15.9. The summed E-state index contributed by atoms with van der Waals surface area (Å²) < 4.78 is 25.6. The van der Waals surface area contributed by atoms with Gasteiger partial charge >= 0.3 is 0 Å². The van der Waals surface area contributed by atoms with Gasteiger partial charge in [0.05, 0.1) is 10.5 Å². The molecule has 184 valence electrons. The minimum atomic E-state index is -3.61. The van der Waals surface area contributed by atoms with Gasteiger partial charge in [-0.05, 0) is 50.1 Å². The Kier molecular flexibility index (Phi) is 7.76. The predicted molar refractivity (Wildman–Crippen MR) is 130 cm³/mol. The van der Waals surface area contributed by atoms with E-state index >= 15 is 0 Å². The number of anilines is 1. The van der Waals surface area contributed by atoms with E-state index in [0.717, 1.165) is 21.3 Å². The maximum absolute atomic E-state index is 13.0. The molecule has 1 aromatic heterocycles. The molecule has 2 aromatic rings. The Morgan fingerprint density at radius 1 is 1.06 bits per heavy atom. The molecule has 0 radical (unpaired) electrons. The first kappa shape index (κ1) is 25.8. The number of rotatable bonds is 6. The number of hydrogen-bond donors (Lipinski definition) is 3. The molecule has 3 N–H and O–H groups in total. The van der Waals surface area contributed by atoms with Crippen LogP contribution in [0.1, 0.15) is 51.9 Å². The number of hydrazine groups is 1. The Balaban J connectivity index is 1.90. The molecule has 0 aliphatic carbocycles. The molecule has 12 heteroatoms. The van der Waals surface area contributed by atoms with Crippen molar-refractivity contribution in [2.75, 3.05) is 26.0 Å². The summed E-state index contributed by atoms with van der Waals surface area (Å²) in [6.45, 7) is 6.92. The fourth-order valence-electron chi connectivity index (χ4n) is 3.56. The predicted octanol–water partition coefficient (Wildman–Crippen LogP) is 1.80. The molecule has 0 bridgehead atoms. The Morgan fingerprint density at radius 2 is 1.71 bits per heavy atom. The number of hydrogen-bond acceptors (Lipinski definition) is 7. The van der Waals surface area contributed by atoms with Gasteiger partial charge in [-0.25, -0.2) is 12.7 Å². The van der Waals surface area contributed by atoms with Gasteiger partial charge in [0.2, 0.25) is 15.9 Å². The van der Waals surface area contributed by atoms with Crippen LogP contribution in [0.15, 0.2) is 29.2 Å². The third kappa shape index (κ3) is 5.46. The zero-order valence-electron chi connectivity index (χ0n) is 19.8. The van der Waals surface area contributed by atoms with E-state index in [1.54, 1.807) is 0 Å². The molecule has 0 saturated heterocycles. The molecular formula is C22H29N5O5S2. The molecule has 1 aliphatic heterocycles. The number of carbonyl (C=O) groups excluding carboxylic acids is 3. The zero-order valence-corrected chi connectivity index (χ0v) is 21.4.